The Balaban J connectivity index is 2.41. The smallest absolute Gasteiger partial charge is 0.352 e. The first-order valence-electron chi connectivity index (χ1n) is 7.87. The van der Waals surface area contributed by atoms with Crippen LogP contribution in [0.15, 0.2) is 17.1 Å². The van der Waals surface area contributed by atoms with Gasteiger partial charge in [0, 0.05) is 6.20 Å². The highest BCUT2D eigenvalue weighted by atomic mass is 16.6. The number of esters is 1. The van der Waals surface area contributed by atoms with Crippen molar-refractivity contribution in [1.29, 1.82) is 5.26 Å². The largest absolute Gasteiger partial charge is 0.455 e. The van der Waals surface area contributed by atoms with Crippen molar-refractivity contribution >= 4 is 11.8 Å². The Morgan fingerprint density at radius 1 is 1.62 bits per heavy atom. The number of aliphatic hydroxyl groups is 2. The molecule has 0 bridgehead atoms. The maximum Gasteiger partial charge on any atom is 0.352 e. The maximum atomic E-state index is 12.1. The van der Waals surface area contributed by atoms with Crippen LogP contribution in [0, 0.1) is 17.2 Å². The minimum atomic E-state index is -2.25. The van der Waals surface area contributed by atoms with E-state index >= 15 is 0 Å². The summed E-state index contributed by atoms with van der Waals surface area (Å²) in [4.78, 5) is 27.7. The van der Waals surface area contributed by atoms with Gasteiger partial charge in [-0.2, -0.15) is 10.2 Å². The standard InChI is InChI=1S/C15H21N5O6/c1-7(2)10(18)13(23)25-11-8(5-21)26-15(6-16,12(11)22)20-4-3-9(17)19-14(20)24/h3-4,7-8,10-12,21-22H,5,18H2,1-2H3,(H2,17,19,24)/t8-,10?,11?,12?,15-/m1/s1. The number of nitrogen functional groups attached to an aromatic ring is 1. The zero-order valence-corrected chi connectivity index (χ0v) is 14.3. The van der Waals surface area contributed by atoms with Gasteiger partial charge < -0.3 is 31.2 Å². The van der Waals surface area contributed by atoms with E-state index < -0.39 is 48.3 Å². The molecule has 5 atom stereocenters. The van der Waals surface area contributed by atoms with Crippen LogP contribution in [0.1, 0.15) is 13.8 Å². The molecule has 1 saturated heterocycles. The third-order valence-electron chi connectivity index (χ3n) is 4.18. The second-order valence-electron chi connectivity index (χ2n) is 6.27. The molecule has 6 N–H and O–H groups in total. The summed E-state index contributed by atoms with van der Waals surface area (Å²) in [6.07, 6.45) is -3.33. The lowest BCUT2D eigenvalue weighted by Gasteiger charge is -2.27. The van der Waals surface area contributed by atoms with Crippen LogP contribution in [0.25, 0.3) is 0 Å². The van der Waals surface area contributed by atoms with Crippen molar-refractivity contribution in [2.75, 3.05) is 12.3 Å². The minimum absolute atomic E-state index is 0.0866. The van der Waals surface area contributed by atoms with Gasteiger partial charge >= 0.3 is 11.7 Å². The second-order valence-corrected chi connectivity index (χ2v) is 6.27. The lowest BCUT2D eigenvalue weighted by molar-refractivity contribution is -0.159. The first-order chi connectivity index (χ1) is 12.2. The van der Waals surface area contributed by atoms with Crippen molar-refractivity contribution in [2.45, 2.75) is 43.9 Å². The molecule has 1 aromatic heterocycles. The van der Waals surface area contributed by atoms with E-state index in [0.29, 0.717) is 0 Å². The number of carbonyl (C=O) groups is 1. The Bertz CT molecular complexity index is 775. The van der Waals surface area contributed by atoms with Gasteiger partial charge in [-0.05, 0) is 12.0 Å². The third kappa shape index (κ3) is 3.27. The Hall–Kier alpha value is -2.52. The highest BCUT2D eigenvalue weighted by Gasteiger charge is 2.59. The monoisotopic (exact) mass is 367 g/mol. The molecule has 1 aromatic rings. The van der Waals surface area contributed by atoms with Crippen molar-refractivity contribution in [3.8, 4) is 6.07 Å². The number of rotatable bonds is 5. The number of carbonyl (C=O) groups excluding carboxylic acids is 1. The van der Waals surface area contributed by atoms with Crippen LogP contribution in [0.4, 0.5) is 5.82 Å². The topological polar surface area (TPSA) is 187 Å². The summed E-state index contributed by atoms with van der Waals surface area (Å²) in [6, 6.07) is 1.96. The van der Waals surface area contributed by atoms with E-state index in [1.165, 1.54) is 6.07 Å². The molecule has 142 valence electrons. The number of hydrogen-bond acceptors (Lipinski definition) is 10. The number of aromatic nitrogens is 2. The predicted octanol–water partition coefficient (Wildman–Crippen LogP) is -2.35. The average molecular weight is 367 g/mol. The summed E-state index contributed by atoms with van der Waals surface area (Å²) in [5.41, 5.74) is 7.94. The fraction of sp³-hybridized carbons (Fsp3) is 0.600. The average Bonchev–Trinajstić information content (AvgIpc) is 2.87. The Morgan fingerprint density at radius 3 is 2.77 bits per heavy atom. The maximum absolute atomic E-state index is 12.1. The Kier molecular flexibility index (Phi) is 5.62. The van der Waals surface area contributed by atoms with Crippen molar-refractivity contribution in [3.63, 3.8) is 0 Å². The first kappa shape index (κ1) is 19.8. The zero-order chi connectivity index (χ0) is 19.6. The number of hydrogen-bond donors (Lipinski definition) is 4. The molecule has 11 heteroatoms. The molecule has 0 amide bonds. The first-order valence-corrected chi connectivity index (χ1v) is 7.87. The number of nitrogens with two attached hydrogens (primary N) is 2. The summed E-state index contributed by atoms with van der Waals surface area (Å²) in [5, 5.41) is 29.7. The summed E-state index contributed by atoms with van der Waals surface area (Å²) < 4.78 is 11.3. The van der Waals surface area contributed by atoms with Crippen molar-refractivity contribution < 1.29 is 24.5 Å². The summed E-state index contributed by atoms with van der Waals surface area (Å²) >= 11 is 0. The van der Waals surface area contributed by atoms with E-state index in [9.17, 15) is 25.1 Å². The molecule has 2 rings (SSSR count). The Morgan fingerprint density at radius 2 is 2.27 bits per heavy atom. The molecule has 11 nitrogen and oxygen atoms in total. The van der Waals surface area contributed by atoms with Gasteiger partial charge in [0.2, 0.25) is 0 Å². The quantitative estimate of drug-likeness (QED) is 0.410. The molecule has 1 aliphatic rings. The SMILES string of the molecule is CC(C)C(N)C(=O)OC1C(O)[C@](C#N)(n2ccc(N)nc2=O)O[C@@H]1CO. The molecule has 3 unspecified atom stereocenters. The molecule has 0 spiro atoms. The van der Waals surface area contributed by atoms with Crippen LogP contribution < -0.4 is 17.2 Å². The summed E-state index contributed by atoms with van der Waals surface area (Å²) in [6.45, 7) is 2.74. The van der Waals surface area contributed by atoms with Gasteiger partial charge in [-0.3, -0.25) is 9.36 Å². The molecular formula is C15H21N5O6. The molecule has 26 heavy (non-hydrogen) atoms. The van der Waals surface area contributed by atoms with E-state index in [0.717, 1.165) is 10.8 Å². The normalized spacial score (nSPS) is 29.3. The van der Waals surface area contributed by atoms with Crippen LogP contribution >= 0.6 is 0 Å². The number of anilines is 1. The van der Waals surface area contributed by atoms with Gasteiger partial charge in [-0.1, -0.05) is 13.8 Å². The molecular weight excluding hydrogens is 346 g/mol. The number of aliphatic hydroxyl groups excluding tert-OH is 2. The van der Waals surface area contributed by atoms with Crippen LogP contribution in [0.3, 0.4) is 0 Å². The van der Waals surface area contributed by atoms with Crippen LogP contribution in [-0.4, -0.2) is 56.7 Å². The molecule has 1 fully saturated rings. The highest BCUT2D eigenvalue weighted by molar-refractivity contribution is 5.76. The summed E-state index contributed by atoms with van der Waals surface area (Å²) in [5.74, 6) is -1.15. The van der Waals surface area contributed by atoms with E-state index in [2.05, 4.69) is 4.98 Å². The molecule has 0 aliphatic carbocycles. The van der Waals surface area contributed by atoms with Gasteiger partial charge in [0.1, 0.15) is 24.0 Å². The fourth-order valence-electron chi connectivity index (χ4n) is 2.57. The van der Waals surface area contributed by atoms with Gasteiger partial charge in [-0.25, -0.2) is 4.79 Å². The van der Waals surface area contributed by atoms with E-state index in [1.54, 1.807) is 19.9 Å². The second kappa shape index (κ2) is 7.38. The number of ether oxygens (including phenoxy) is 2. The Labute approximate surface area is 148 Å². The zero-order valence-electron chi connectivity index (χ0n) is 14.3. The summed E-state index contributed by atoms with van der Waals surface area (Å²) in [7, 11) is 0. The van der Waals surface area contributed by atoms with Crippen LogP contribution in [0.2, 0.25) is 0 Å². The van der Waals surface area contributed by atoms with Gasteiger partial charge in [-0.15, -0.1) is 0 Å². The fourth-order valence-corrected chi connectivity index (χ4v) is 2.57. The van der Waals surface area contributed by atoms with Gasteiger partial charge in [0.15, 0.2) is 12.2 Å². The number of nitrogens with zero attached hydrogens (tertiary/aromatic N) is 3. The van der Waals surface area contributed by atoms with Crippen LogP contribution in [0.5, 0.6) is 0 Å². The number of nitriles is 1. The van der Waals surface area contributed by atoms with Crippen molar-refractivity contribution in [1.82, 2.24) is 9.55 Å². The van der Waals surface area contributed by atoms with E-state index in [1.807, 2.05) is 0 Å². The van der Waals surface area contributed by atoms with Gasteiger partial charge in [0.05, 0.1) is 6.61 Å². The van der Waals surface area contributed by atoms with Crippen LogP contribution in [-0.2, 0) is 20.0 Å². The van der Waals surface area contributed by atoms with Crippen molar-refractivity contribution in [3.05, 3.63) is 22.7 Å². The van der Waals surface area contributed by atoms with Gasteiger partial charge in [0.25, 0.3) is 5.72 Å². The lowest BCUT2D eigenvalue weighted by atomic mass is 10.0. The van der Waals surface area contributed by atoms with E-state index in [4.69, 9.17) is 20.9 Å². The van der Waals surface area contributed by atoms with Crippen molar-refractivity contribution in [2.24, 2.45) is 11.7 Å². The minimum Gasteiger partial charge on any atom is -0.455 e. The molecule has 2 heterocycles. The van der Waals surface area contributed by atoms with E-state index in [-0.39, 0.29) is 11.7 Å². The predicted molar refractivity (Wildman–Crippen MR) is 87.2 cm³/mol. The molecule has 1 aliphatic heterocycles. The molecule has 0 saturated carbocycles. The lowest BCUT2D eigenvalue weighted by Crippen LogP contribution is -2.51. The molecule has 0 aromatic carbocycles. The highest BCUT2D eigenvalue weighted by Crippen LogP contribution is 2.36. The molecule has 0 radical (unpaired) electrons. The third-order valence-corrected chi connectivity index (χ3v) is 4.18.